The van der Waals surface area contributed by atoms with Crippen molar-refractivity contribution >= 4 is 16.5 Å². The Hall–Kier alpha value is -1.77. The van der Waals surface area contributed by atoms with Gasteiger partial charge >= 0.3 is 0 Å². The summed E-state index contributed by atoms with van der Waals surface area (Å²) in [7, 11) is 0. The Morgan fingerprint density at radius 2 is 2.05 bits per heavy atom. The first-order chi connectivity index (χ1) is 9.22. The van der Waals surface area contributed by atoms with Crippen LogP contribution >= 0.6 is 0 Å². The molecule has 0 aliphatic carbocycles. The third kappa shape index (κ3) is 1.61. The summed E-state index contributed by atoms with van der Waals surface area (Å²) in [6.07, 6.45) is 4.75. The number of piperidine rings is 1. The van der Waals surface area contributed by atoms with Crippen LogP contribution in [0.15, 0.2) is 24.4 Å². The Kier molecular flexibility index (Phi) is 2.25. The third-order valence-electron chi connectivity index (χ3n) is 4.53. The Labute approximate surface area is 111 Å². The molecule has 3 aliphatic heterocycles. The lowest BCUT2D eigenvalue weighted by Crippen LogP contribution is -2.35. The summed E-state index contributed by atoms with van der Waals surface area (Å²) in [6.45, 7) is 4.43. The van der Waals surface area contributed by atoms with Crippen molar-refractivity contribution in [1.82, 2.24) is 9.88 Å². The SMILES string of the molecule is Cc1[nH]c2ccc(F)cc2c1C1=CN2CCC1CC2. The number of halogens is 1. The van der Waals surface area contributed by atoms with Crippen molar-refractivity contribution in [2.24, 2.45) is 5.92 Å². The molecule has 3 heteroatoms. The second-order valence-corrected chi connectivity index (χ2v) is 5.71. The number of rotatable bonds is 1. The standard InChI is InChI=1S/C16H17FN2/c1-10-16(13-8-12(17)2-3-15(13)18-10)14-9-19-6-4-11(14)5-7-19/h2-3,8-9,11,18H,4-7H2,1H3. The highest BCUT2D eigenvalue weighted by Crippen LogP contribution is 2.41. The van der Waals surface area contributed by atoms with Crippen molar-refractivity contribution in [3.8, 4) is 0 Å². The number of fused-ring (bicyclic) bond motifs is 3. The molecule has 1 aromatic heterocycles. The van der Waals surface area contributed by atoms with E-state index in [1.54, 1.807) is 6.07 Å². The average molecular weight is 256 g/mol. The second-order valence-electron chi connectivity index (χ2n) is 5.71. The van der Waals surface area contributed by atoms with Crippen LogP contribution in [0.2, 0.25) is 0 Å². The highest BCUT2D eigenvalue weighted by molar-refractivity contribution is 5.95. The molecule has 1 aromatic carbocycles. The minimum Gasteiger partial charge on any atom is -0.377 e. The van der Waals surface area contributed by atoms with Gasteiger partial charge in [0.05, 0.1) is 0 Å². The smallest absolute Gasteiger partial charge is 0.123 e. The van der Waals surface area contributed by atoms with Gasteiger partial charge in [-0.3, -0.25) is 0 Å². The average Bonchev–Trinajstić information content (AvgIpc) is 2.75. The van der Waals surface area contributed by atoms with Gasteiger partial charge < -0.3 is 9.88 Å². The Morgan fingerprint density at radius 1 is 1.26 bits per heavy atom. The fraction of sp³-hybridized carbons (Fsp3) is 0.375. The van der Waals surface area contributed by atoms with Gasteiger partial charge in [0.2, 0.25) is 0 Å². The summed E-state index contributed by atoms with van der Waals surface area (Å²) in [5.74, 6) is 0.487. The maximum Gasteiger partial charge on any atom is 0.123 e. The molecule has 2 aromatic rings. The zero-order valence-electron chi connectivity index (χ0n) is 11.0. The van der Waals surface area contributed by atoms with E-state index in [0.717, 1.165) is 16.6 Å². The molecular weight excluding hydrogens is 239 g/mol. The number of aromatic amines is 1. The molecule has 1 saturated heterocycles. The predicted molar refractivity (Wildman–Crippen MR) is 75.3 cm³/mol. The zero-order chi connectivity index (χ0) is 13.0. The van der Waals surface area contributed by atoms with E-state index in [-0.39, 0.29) is 5.82 Å². The van der Waals surface area contributed by atoms with Gasteiger partial charge in [0.1, 0.15) is 5.82 Å². The monoisotopic (exact) mass is 256 g/mol. The first kappa shape index (κ1) is 11.1. The van der Waals surface area contributed by atoms with Gasteiger partial charge in [-0.1, -0.05) is 0 Å². The Balaban J connectivity index is 1.95. The lowest BCUT2D eigenvalue weighted by molar-refractivity contribution is 0.252. The van der Waals surface area contributed by atoms with Crippen molar-refractivity contribution in [3.63, 3.8) is 0 Å². The number of nitrogens with one attached hydrogen (secondary N) is 1. The second kappa shape index (κ2) is 3.86. The molecule has 0 unspecified atom stereocenters. The van der Waals surface area contributed by atoms with Crippen LogP contribution in [0.3, 0.4) is 0 Å². The summed E-state index contributed by atoms with van der Waals surface area (Å²) < 4.78 is 13.5. The lowest BCUT2D eigenvalue weighted by atomic mass is 9.81. The van der Waals surface area contributed by atoms with Gasteiger partial charge in [0.15, 0.2) is 0 Å². The van der Waals surface area contributed by atoms with E-state index >= 15 is 0 Å². The van der Waals surface area contributed by atoms with Crippen molar-refractivity contribution in [2.75, 3.05) is 13.1 Å². The maximum atomic E-state index is 13.5. The fourth-order valence-corrected chi connectivity index (χ4v) is 3.58. The van der Waals surface area contributed by atoms with Crippen molar-refractivity contribution in [2.45, 2.75) is 19.8 Å². The highest BCUT2D eigenvalue weighted by atomic mass is 19.1. The third-order valence-corrected chi connectivity index (χ3v) is 4.53. The molecule has 0 radical (unpaired) electrons. The van der Waals surface area contributed by atoms with E-state index in [9.17, 15) is 4.39 Å². The van der Waals surface area contributed by atoms with Crippen molar-refractivity contribution in [3.05, 3.63) is 41.5 Å². The van der Waals surface area contributed by atoms with Gasteiger partial charge in [0, 0.05) is 41.4 Å². The van der Waals surface area contributed by atoms with Crippen LogP contribution in [-0.2, 0) is 0 Å². The quantitative estimate of drug-likeness (QED) is 0.824. The number of aryl methyl sites for hydroxylation is 1. The van der Waals surface area contributed by atoms with E-state index in [0.29, 0.717) is 5.92 Å². The molecule has 0 spiro atoms. The van der Waals surface area contributed by atoms with Crippen LogP contribution in [0.25, 0.3) is 16.5 Å². The number of allylic oxidation sites excluding steroid dienone is 1. The number of nitrogens with zero attached hydrogens (tertiary/aromatic N) is 1. The largest absolute Gasteiger partial charge is 0.377 e. The first-order valence-corrected chi connectivity index (χ1v) is 6.96. The molecular formula is C16H17FN2. The van der Waals surface area contributed by atoms with E-state index < -0.39 is 0 Å². The molecule has 0 amide bonds. The molecule has 2 bridgehead atoms. The molecule has 1 N–H and O–H groups in total. The first-order valence-electron chi connectivity index (χ1n) is 6.96. The molecule has 5 rings (SSSR count). The van der Waals surface area contributed by atoms with Gasteiger partial charge in [-0.25, -0.2) is 4.39 Å². The minimum atomic E-state index is -0.158. The zero-order valence-corrected chi connectivity index (χ0v) is 11.0. The summed E-state index contributed by atoms with van der Waals surface area (Å²) in [4.78, 5) is 5.78. The Bertz CT molecular complexity index is 675. The van der Waals surface area contributed by atoms with Gasteiger partial charge in [-0.2, -0.15) is 0 Å². The van der Waals surface area contributed by atoms with Crippen LogP contribution < -0.4 is 0 Å². The van der Waals surface area contributed by atoms with Crippen molar-refractivity contribution in [1.29, 1.82) is 0 Å². The molecule has 19 heavy (non-hydrogen) atoms. The maximum absolute atomic E-state index is 13.5. The van der Waals surface area contributed by atoms with Crippen LogP contribution in [-0.4, -0.2) is 23.0 Å². The summed E-state index contributed by atoms with van der Waals surface area (Å²) in [5.41, 5.74) is 4.81. The lowest BCUT2D eigenvalue weighted by Gasteiger charge is -2.39. The normalized spacial score (nSPS) is 19.3. The summed E-state index contributed by atoms with van der Waals surface area (Å²) >= 11 is 0. The van der Waals surface area contributed by atoms with Crippen LogP contribution in [0.1, 0.15) is 24.1 Å². The van der Waals surface area contributed by atoms with E-state index in [4.69, 9.17) is 0 Å². The number of H-pyrrole nitrogens is 1. The number of hydrogen-bond acceptors (Lipinski definition) is 1. The van der Waals surface area contributed by atoms with Crippen LogP contribution in [0, 0.1) is 18.7 Å². The van der Waals surface area contributed by atoms with Gasteiger partial charge in [-0.15, -0.1) is 0 Å². The molecule has 98 valence electrons. The van der Waals surface area contributed by atoms with Crippen molar-refractivity contribution < 1.29 is 4.39 Å². The molecule has 2 nitrogen and oxygen atoms in total. The predicted octanol–water partition coefficient (Wildman–Crippen LogP) is 3.68. The molecule has 0 saturated carbocycles. The molecule has 3 aliphatic rings. The van der Waals surface area contributed by atoms with E-state index in [1.807, 2.05) is 6.07 Å². The number of aromatic nitrogens is 1. The summed E-state index contributed by atoms with van der Waals surface area (Å²) in [5, 5.41) is 1.03. The van der Waals surface area contributed by atoms with Gasteiger partial charge in [-0.05, 0) is 49.5 Å². The number of hydrogen-bond donors (Lipinski definition) is 1. The highest BCUT2D eigenvalue weighted by Gasteiger charge is 2.29. The topological polar surface area (TPSA) is 19.0 Å². The molecule has 0 atom stereocenters. The van der Waals surface area contributed by atoms with E-state index in [2.05, 4.69) is 23.0 Å². The summed E-state index contributed by atoms with van der Waals surface area (Å²) in [6, 6.07) is 5.02. The molecule has 4 heterocycles. The van der Waals surface area contributed by atoms with E-state index in [1.165, 1.54) is 43.1 Å². The van der Waals surface area contributed by atoms with Gasteiger partial charge in [0.25, 0.3) is 0 Å². The minimum absolute atomic E-state index is 0.158. The number of benzene rings is 1. The molecule has 1 fully saturated rings. The fourth-order valence-electron chi connectivity index (χ4n) is 3.58. The van der Waals surface area contributed by atoms with Crippen LogP contribution in [0.5, 0.6) is 0 Å². The van der Waals surface area contributed by atoms with Crippen LogP contribution in [0.4, 0.5) is 4.39 Å². The Morgan fingerprint density at radius 3 is 2.74 bits per heavy atom.